The van der Waals surface area contributed by atoms with E-state index in [0.29, 0.717) is 12.2 Å². The van der Waals surface area contributed by atoms with Crippen LogP contribution >= 0.6 is 0 Å². The largest absolute Gasteiger partial charge is 0.372 e. The molecule has 1 saturated heterocycles. The third kappa shape index (κ3) is 5.88. The minimum Gasteiger partial charge on any atom is -0.372 e. The Morgan fingerprint density at radius 3 is 2.62 bits per heavy atom. The van der Waals surface area contributed by atoms with Crippen LogP contribution in [0.1, 0.15) is 59.3 Å². The molecule has 0 spiro atoms. The highest BCUT2D eigenvalue weighted by molar-refractivity contribution is 4.82. The van der Waals surface area contributed by atoms with Gasteiger partial charge in [-0.2, -0.15) is 0 Å². The maximum Gasteiger partial charge on any atom is 0.0707 e. The van der Waals surface area contributed by atoms with Crippen molar-refractivity contribution in [3.63, 3.8) is 0 Å². The SMILES string of the molecule is CC(C)CNCC1CCC(CN(C)C2CCCC(C)C2)O1. The summed E-state index contributed by atoms with van der Waals surface area (Å²) in [5, 5.41) is 3.53. The highest BCUT2D eigenvalue weighted by Gasteiger charge is 2.29. The van der Waals surface area contributed by atoms with E-state index >= 15 is 0 Å². The van der Waals surface area contributed by atoms with Gasteiger partial charge in [0.1, 0.15) is 0 Å². The molecule has 2 fully saturated rings. The zero-order valence-corrected chi connectivity index (χ0v) is 14.6. The van der Waals surface area contributed by atoms with Gasteiger partial charge in [-0.1, -0.05) is 33.6 Å². The smallest absolute Gasteiger partial charge is 0.0707 e. The fourth-order valence-electron chi connectivity index (χ4n) is 3.87. The number of ether oxygens (including phenoxy) is 1. The van der Waals surface area contributed by atoms with Gasteiger partial charge in [0, 0.05) is 19.1 Å². The predicted octanol–water partition coefficient (Wildman–Crippen LogP) is 3.29. The second kappa shape index (κ2) is 8.50. The van der Waals surface area contributed by atoms with Crippen LogP contribution in [0.5, 0.6) is 0 Å². The van der Waals surface area contributed by atoms with E-state index in [1.807, 2.05) is 0 Å². The molecule has 1 aliphatic heterocycles. The summed E-state index contributed by atoms with van der Waals surface area (Å²) >= 11 is 0. The molecule has 21 heavy (non-hydrogen) atoms. The Bertz CT molecular complexity index is 295. The molecule has 4 atom stereocenters. The van der Waals surface area contributed by atoms with Gasteiger partial charge < -0.3 is 15.0 Å². The number of rotatable bonds is 7. The molecule has 0 aromatic rings. The van der Waals surface area contributed by atoms with Crippen molar-refractivity contribution in [3.8, 4) is 0 Å². The minimum atomic E-state index is 0.437. The number of nitrogens with zero attached hydrogens (tertiary/aromatic N) is 1. The first-order chi connectivity index (χ1) is 10.0. The van der Waals surface area contributed by atoms with Crippen molar-refractivity contribution in [3.05, 3.63) is 0 Å². The summed E-state index contributed by atoms with van der Waals surface area (Å²) in [6.07, 6.45) is 8.95. The Hall–Kier alpha value is -0.120. The third-order valence-corrected chi connectivity index (χ3v) is 5.14. The summed E-state index contributed by atoms with van der Waals surface area (Å²) in [6.45, 7) is 10.2. The lowest BCUT2D eigenvalue weighted by molar-refractivity contribution is 0.0149. The molecule has 0 aromatic heterocycles. The lowest BCUT2D eigenvalue weighted by Crippen LogP contribution is -2.40. The van der Waals surface area contributed by atoms with Crippen LogP contribution in [-0.4, -0.2) is 49.8 Å². The lowest BCUT2D eigenvalue weighted by atomic mass is 9.86. The minimum absolute atomic E-state index is 0.437. The molecule has 0 bridgehead atoms. The monoisotopic (exact) mass is 296 g/mol. The average Bonchev–Trinajstić information content (AvgIpc) is 2.86. The van der Waals surface area contributed by atoms with Gasteiger partial charge in [-0.05, 0) is 51.1 Å². The first-order valence-electron chi connectivity index (χ1n) is 9.11. The van der Waals surface area contributed by atoms with Gasteiger partial charge in [-0.15, -0.1) is 0 Å². The van der Waals surface area contributed by atoms with Crippen LogP contribution in [0.4, 0.5) is 0 Å². The summed E-state index contributed by atoms with van der Waals surface area (Å²) in [5.41, 5.74) is 0. The van der Waals surface area contributed by atoms with Crippen LogP contribution in [0, 0.1) is 11.8 Å². The van der Waals surface area contributed by atoms with E-state index in [2.05, 4.69) is 38.0 Å². The maximum absolute atomic E-state index is 6.23. The molecule has 3 heteroatoms. The Morgan fingerprint density at radius 1 is 1.14 bits per heavy atom. The number of hydrogen-bond acceptors (Lipinski definition) is 3. The Kier molecular flexibility index (Phi) is 6.97. The van der Waals surface area contributed by atoms with E-state index in [1.165, 1.54) is 38.5 Å². The number of likely N-dealkylation sites (N-methyl/N-ethyl adjacent to an activating group) is 1. The van der Waals surface area contributed by atoms with E-state index in [4.69, 9.17) is 4.74 Å². The van der Waals surface area contributed by atoms with Gasteiger partial charge in [0.2, 0.25) is 0 Å². The third-order valence-electron chi connectivity index (χ3n) is 5.14. The second-order valence-electron chi connectivity index (χ2n) is 7.87. The van der Waals surface area contributed by atoms with Crippen molar-refractivity contribution < 1.29 is 4.74 Å². The van der Waals surface area contributed by atoms with Crippen LogP contribution in [0.2, 0.25) is 0 Å². The van der Waals surface area contributed by atoms with Gasteiger partial charge in [0.25, 0.3) is 0 Å². The summed E-state index contributed by atoms with van der Waals surface area (Å²) < 4.78 is 6.23. The summed E-state index contributed by atoms with van der Waals surface area (Å²) in [5.74, 6) is 1.63. The van der Waals surface area contributed by atoms with Gasteiger partial charge in [0.05, 0.1) is 12.2 Å². The van der Waals surface area contributed by atoms with Crippen molar-refractivity contribution in [2.24, 2.45) is 11.8 Å². The molecule has 1 heterocycles. The van der Waals surface area contributed by atoms with Crippen molar-refractivity contribution in [1.82, 2.24) is 10.2 Å². The zero-order chi connectivity index (χ0) is 15.2. The molecule has 1 saturated carbocycles. The molecule has 0 radical (unpaired) electrons. The van der Waals surface area contributed by atoms with Crippen LogP contribution in [0.3, 0.4) is 0 Å². The fraction of sp³-hybridized carbons (Fsp3) is 1.00. The van der Waals surface area contributed by atoms with Gasteiger partial charge >= 0.3 is 0 Å². The number of hydrogen-bond donors (Lipinski definition) is 1. The normalized spacial score (nSPS) is 34.0. The fourth-order valence-corrected chi connectivity index (χ4v) is 3.87. The second-order valence-corrected chi connectivity index (χ2v) is 7.87. The first kappa shape index (κ1) is 17.2. The molecular formula is C18H36N2O. The Labute approximate surface area is 131 Å². The molecule has 2 aliphatic rings. The first-order valence-corrected chi connectivity index (χ1v) is 9.11. The van der Waals surface area contributed by atoms with Crippen molar-refractivity contribution in [2.75, 3.05) is 26.7 Å². The van der Waals surface area contributed by atoms with Gasteiger partial charge in [-0.25, -0.2) is 0 Å². The van der Waals surface area contributed by atoms with Crippen LogP contribution in [0.25, 0.3) is 0 Å². The molecule has 3 nitrogen and oxygen atoms in total. The predicted molar refractivity (Wildman–Crippen MR) is 89.7 cm³/mol. The maximum atomic E-state index is 6.23. The van der Waals surface area contributed by atoms with Crippen LogP contribution < -0.4 is 5.32 Å². The quantitative estimate of drug-likeness (QED) is 0.780. The van der Waals surface area contributed by atoms with E-state index < -0.39 is 0 Å². The molecule has 0 aromatic carbocycles. The van der Waals surface area contributed by atoms with E-state index in [-0.39, 0.29) is 0 Å². The summed E-state index contributed by atoms with van der Waals surface area (Å²) in [4.78, 5) is 2.57. The molecule has 0 amide bonds. The highest BCUT2D eigenvalue weighted by Crippen LogP contribution is 2.28. The standard InChI is InChI=1S/C18H36N2O/c1-14(2)11-19-12-17-8-9-18(21-17)13-20(4)16-7-5-6-15(3)10-16/h14-19H,5-13H2,1-4H3. The summed E-state index contributed by atoms with van der Waals surface area (Å²) in [7, 11) is 2.30. The van der Waals surface area contributed by atoms with E-state index in [1.54, 1.807) is 0 Å². The Balaban J connectivity index is 1.65. The molecule has 1 aliphatic carbocycles. The van der Waals surface area contributed by atoms with Gasteiger partial charge in [0.15, 0.2) is 0 Å². The van der Waals surface area contributed by atoms with Gasteiger partial charge in [-0.3, -0.25) is 0 Å². The average molecular weight is 296 g/mol. The Morgan fingerprint density at radius 2 is 1.90 bits per heavy atom. The lowest BCUT2D eigenvalue weighted by Gasteiger charge is -2.35. The van der Waals surface area contributed by atoms with Crippen molar-refractivity contribution in [2.45, 2.75) is 77.5 Å². The molecule has 1 N–H and O–H groups in total. The molecule has 2 rings (SSSR count). The molecule has 124 valence electrons. The van der Waals surface area contributed by atoms with Crippen molar-refractivity contribution >= 4 is 0 Å². The van der Waals surface area contributed by atoms with Crippen LogP contribution in [-0.2, 0) is 4.74 Å². The van der Waals surface area contributed by atoms with Crippen LogP contribution in [0.15, 0.2) is 0 Å². The van der Waals surface area contributed by atoms with Crippen molar-refractivity contribution in [1.29, 1.82) is 0 Å². The molecular weight excluding hydrogens is 260 g/mol. The van der Waals surface area contributed by atoms with E-state index in [9.17, 15) is 0 Å². The number of nitrogens with one attached hydrogen (secondary N) is 1. The highest BCUT2D eigenvalue weighted by atomic mass is 16.5. The molecule has 4 unspecified atom stereocenters. The topological polar surface area (TPSA) is 24.5 Å². The zero-order valence-electron chi connectivity index (χ0n) is 14.6. The van der Waals surface area contributed by atoms with E-state index in [0.717, 1.165) is 37.5 Å². The summed E-state index contributed by atoms with van der Waals surface area (Å²) in [6, 6.07) is 0.787.